The number of nitrogens with one attached hydrogen (secondary N) is 1. The van der Waals surface area contributed by atoms with Crippen LogP contribution in [0.5, 0.6) is 0 Å². The van der Waals surface area contributed by atoms with Crippen molar-refractivity contribution in [1.82, 2.24) is 9.03 Å². The Morgan fingerprint density at radius 3 is 2.14 bits per heavy atom. The van der Waals surface area contributed by atoms with Crippen LogP contribution in [0.1, 0.15) is 38.3 Å². The second-order valence-electron chi connectivity index (χ2n) is 4.77. The average molecular weight is 313 g/mol. The Morgan fingerprint density at radius 2 is 1.71 bits per heavy atom. The molecule has 3 N–H and O–H groups in total. The molecule has 1 atom stereocenters. The molecule has 0 heterocycles. The summed E-state index contributed by atoms with van der Waals surface area (Å²) in [4.78, 5) is 11.6. The molecule has 1 aromatic rings. The third kappa shape index (κ3) is 5.11. The van der Waals surface area contributed by atoms with Gasteiger partial charge in [0.1, 0.15) is 6.04 Å². The second-order valence-corrected chi connectivity index (χ2v) is 6.47. The highest BCUT2D eigenvalue weighted by Gasteiger charge is 2.28. The number of rotatable bonds is 9. The van der Waals surface area contributed by atoms with E-state index in [2.05, 4.69) is 4.72 Å². The highest BCUT2D eigenvalue weighted by Crippen LogP contribution is 2.15. The molecule has 0 aliphatic rings. The monoisotopic (exact) mass is 313 g/mol. The largest absolute Gasteiger partial charge is 0.368 e. The molecule has 0 saturated carbocycles. The van der Waals surface area contributed by atoms with Crippen LogP contribution >= 0.6 is 0 Å². The van der Waals surface area contributed by atoms with E-state index in [-0.39, 0.29) is 0 Å². The number of carbonyl (C=O) groups excluding carboxylic acids is 1. The number of nitrogens with two attached hydrogens (primary N) is 1. The molecule has 1 aromatic carbocycles. The van der Waals surface area contributed by atoms with Gasteiger partial charge >= 0.3 is 0 Å². The topological polar surface area (TPSA) is 92.5 Å². The zero-order chi connectivity index (χ0) is 15.9. The van der Waals surface area contributed by atoms with E-state index in [1.54, 1.807) is 30.3 Å². The van der Waals surface area contributed by atoms with Gasteiger partial charge in [0.25, 0.3) is 10.2 Å². The van der Waals surface area contributed by atoms with Crippen molar-refractivity contribution in [3.05, 3.63) is 35.9 Å². The fourth-order valence-electron chi connectivity index (χ4n) is 2.01. The summed E-state index contributed by atoms with van der Waals surface area (Å²) in [6.45, 7) is 4.62. The van der Waals surface area contributed by atoms with Gasteiger partial charge in [-0.25, -0.2) is 0 Å². The zero-order valence-electron chi connectivity index (χ0n) is 12.5. The van der Waals surface area contributed by atoms with Crippen molar-refractivity contribution in [3.8, 4) is 0 Å². The van der Waals surface area contributed by atoms with Crippen LogP contribution in [0.15, 0.2) is 30.3 Å². The van der Waals surface area contributed by atoms with Gasteiger partial charge in [0.15, 0.2) is 0 Å². The van der Waals surface area contributed by atoms with Crippen molar-refractivity contribution in [3.63, 3.8) is 0 Å². The van der Waals surface area contributed by atoms with Gasteiger partial charge in [-0.1, -0.05) is 44.2 Å². The van der Waals surface area contributed by atoms with Crippen molar-refractivity contribution in [2.24, 2.45) is 5.73 Å². The van der Waals surface area contributed by atoms with E-state index in [9.17, 15) is 13.2 Å². The van der Waals surface area contributed by atoms with E-state index in [4.69, 9.17) is 5.73 Å². The fourth-order valence-corrected chi connectivity index (χ4v) is 3.56. The Bertz CT molecular complexity index is 540. The van der Waals surface area contributed by atoms with Crippen molar-refractivity contribution in [2.45, 2.75) is 32.7 Å². The number of amides is 1. The minimum atomic E-state index is -3.76. The lowest BCUT2D eigenvalue weighted by Gasteiger charge is -2.24. The third-order valence-corrected chi connectivity index (χ3v) is 4.55. The number of carbonyl (C=O) groups is 1. The maximum absolute atomic E-state index is 12.4. The highest BCUT2D eigenvalue weighted by atomic mass is 32.2. The average Bonchev–Trinajstić information content (AvgIpc) is 2.45. The molecule has 0 unspecified atom stereocenters. The minimum Gasteiger partial charge on any atom is -0.368 e. The molecule has 0 aliphatic heterocycles. The van der Waals surface area contributed by atoms with Gasteiger partial charge in [-0.05, 0) is 18.4 Å². The number of benzene rings is 1. The van der Waals surface area contributed by atoms with Crippen molar-refractivity contribution in [2.75, 3.05) is 13.1 Å². The molecule has 118 valence electrons. The Hall–Kier alpha value is -1.44. The zero-order valence-corrected chi connectivity index (χ0v) is 13.3. The molecule has 0 aliphatic carbocycles. The van der Waals surface area contributed by atoms with Gasteiger partial charge in [0, 0.05) is 13.1 Å². The first-order valence-electron chi connectivity index (χ1n) is 7.04. The van der Waals surface area contributed by atoms with E-state index in [0.717, 1.165) is 0 Å². The van der Waals surface area contributed by atoms with Gasteiger partial charge < -0.3 is 5.73 Å². The van der Waals surface area contributed by atoms with Gasteiger partial charge in [-0.3, -0.25) is 4.79 Å². The molecule has 1 amide bonds. The summed E-state index contributed by atoms with van der Waals surface area (Å²) in [5, 5.41) is 0. The lowest BCUT2D eigenvalue weighted by molar-refractivity contribution is -0.119. The van der Waals surface area contributed by atoms with Gasteiger partial charge in [0.05, 0.1) is 0 Å². The summed E-state index contributed by atoms with van der Waals surface area (Å²) in [6, 6.07) is 7.53. The van der Waals surface area contributed by atoms with Crippen LogP contribution in [0.25, 0.3) is 0 Å². The summed E-state index contributed by atoms with van der Waals surface area (Å²) < 4.78 is 28.6. The summed E-state index contributed by atoms with van der Waals surface area (Å²) in [5.74, 6) is -0.724. The lowest BCUT2D eigenvalue weighted by Crippen LogP contribution is -2.46. The Balaban J connectivity index is 2.99. The first kappa shape index (κ1) is 17.6. The Morgan fingerprint density at radius 1 is 1.19 bits per heavy atom. The van der Waals surface area contributed by atoms with E-state index in [1.807, 2.05) is 13.8 Å². The van der Waals surface area contributed by atoms with Crippen LogP contribution in [0.2, 0.25) is 0 Å². The van der Waals surface area contributed by atoms with Crippen LogP contribution in [-0.4, -0.2) is 31.7 Å². The van der Waals surface area contributed by atoms with E-state index < -0.39 is 22.2 Å². The van der Waals surface area contributed by atoms with Crippen LogP contribution in [0.3, 0.4) is 0 Å². The molecular weight excluding hydrogens is 290 g/mol. The normalized spacial score (nSPS) is 13.3. The summed E-state index contributed by atoms with van der Waals surface area (Å²) in [5.41, 5.74) is 5.87. The van der Waals surface area contributed by atoms with Gasteiger partial charge in [0.2, 0.25) is 5.91 Å². The summed E-state index contributed by atoms with van der Waals surface area (Å²) in [7, 11) is -3.76. The SMILES string of the molecule is CCCN(CCC)S(=O)(=O)N[C@H](C(N)=O)c1ccccc1. The second kappa shape index (κ2) is 8.11. The molecule has 0 fully saturated rings. The predicted octanol–water partition coefficient (Wildman–Crippen LogP) is 1.17. The molecular formula is C14H23N3O3S. The van der Waals surface area contributed by atoms with Crippen molar-refractivity contribution < 1.29 is 13.2 Å². The molecule has 0 bridgehead atoms. The van der Waals surface area contributed by atoms with E-state index >= 15 is 0 Å². The predicted molar refractivity (Wildman–Crippen MR) is 82.6 cm³/mol. The maximum atomic E-state index is 12.4. The number of primary amides is 1. The molecule has 0 aromatic heterocycles. The van der Waals surface area contributed by atoms with E-state index in [0.29, 0.717) is 31.5 Å². The molecule has 6 nitrogen and oxygen atoms in total. The summed E-state index contributed by atoms with van der Waals surface area (Å²) in [6.07, 6.45) is 1.40. The molecule has 0 spiro atoms. The van der Waals surface area contributed by atoms with Crippen molar-refractivity contribution in [1.29, 1.82) is 0 Å². The smallest absolute Gasteiger partial charge is 0.280 e. The minimum absolute atomic E-state index is 0.406. The molecule has 0 saturated heterocycles. The first-order valence-corrected chi connectivity index (χ1v) is 8.48. The standard InChI is InChI=1S/C14H23N3O3S/c1-3-10-17(11-4-2)21(19,20)16-13(14(15)18)12-8-6-5-7-9-12/h5-9,13,16H,3-4,10-11H2,1-2H3,(H2,15,18)/t13-/m0/s1. The van der Waals surface area contributed by atoms with Crippen LogP contribution in [-0.2, 0) is 15.0 Å². The number of hydrogen-bond donors (Lipinski definition) is 2. The Kier molecular flexibility index (Phi) is 6.80. The molecule has 7 heteroatoms. The fraction of sp³-hybridized carbons (Fsp3) is 0.500. The first-order chi connectivity index (χ1) is 9.92. The molecule has 0 radical (unpaired) electrons. The quantitative estimate of drug-likeness (QED) is 0.716. The number of nitrogens with zero attached hydrogens (tertiary/aromatic N) is 1. The highest BCUT2D eigenvalue weighted by molar-refractivity contribution is 7.87. The van der Waals surface area contributed by atoms with Crippen molar-refractivity contribution >= 4 is 16.1 Å². The van der Waals surface area contributed by atoms with Crippen LogP contribution in [0, 0.1) is 0 Å². The Labute approximate surface area is 126 Å². The molecule has 1 rings (SSSR count). The van der Waals surface area contributed by atoms with Crippen LogP contribution in [0.4, 0.5) is 0 Å². The maximum Gasteiger partial charge on any atom is 0.280 e. The molecule has 21 heavy (non-hydrogen) atoms. The lowest BCUT2D eigenvalue weighted by atomic mass is 10.1. The van der Waals surface area contributed by atoms with Gasteiger partial charge in [-0.2, -0.15) is 17.4 Å². The number of hydrogen-bond acceptors (Lipinski definition) is 3. The van der Waals surface area contributed by atoms with E-state index in [1.165, 1.54) is 4.31 Å². The van der Waals surface area contributed by atoms with Gasteiger partial charge in [-0.15, -0.1) is 0 Å². The summed E-state index contributed by atoms with van der Waals surface area (Å²) >= 11 is 0. The third-order valence-electron chi connectivity index (χ3n) is 2.97. The van der Waals surface area contributed by atoms with Crippen LogP contribution < -0.4 is 10.5 Å².